The number of hydrogen-bond acceptors (Lipinski definition) is 3. The van der Waals surface area contributed by atoms with Gasteiger partial charge in [-0.15, -0.1) is 0 Å². The molecular formula is C10H16O3. The minimum atomic E-state index is -0.814. The van der Waals surface area contributed by atoms with Crippen molar-refractivity contribution < 1.29 is 15.0 Å². The fraction of sp³-hybridized carbons (Fsp3) is 0.700. The monoisotopic (exact) mass is 184 g/mol. The van der Waals surface area contributed by atoms with Crippen LogP contribution in [0, 0.1) is 11.3 Å². The van der Waals surface area contributed by atoms with Crippen LogP contribution in [0.2, 0.25) is 0 Å². The molecule has 3 heteroatoms. The minimum absolute atomic E-state index is 0.0311. The Balaban J connectivity index is 3.11. The normalized spacial score (nSPS) is 33.2. The smallest absolute Gasteiger partial charge is 0.127 e. The Kier molecular flexibility index (Phi) is 2.48. The van der Waals surface area contributed by atoms with Crippen molar-refractivity contribution in [2.45, 2.75) is 33.3 Å². The SMILES string of the molecule is CC1=C(O)C(O)CC(C)(C)C1C=O. The molecule has 0 aromatic rings. The Morgan fingerprint density at radius 3 is 2.54 bits per heavy atom. The van der Waals surface area contributed by atoms with Crippen molar-refractivity contribution in [1.82, 2.24) is 0 Å². The number of hydrogen-bond donors (Lipinski definition) is 2. The second-order valence-corrected chi connectivity index (χ2v) is 4.39. The van der Waals surface area contributed by atoms with Crippen molar-refractivity contribution in [1.29, 1.82) is 0 Å². The van der Waals surface area contributed by atoms with Crippen molar-refractivity contribution in [3.63, 3.8) is 0 Å². The van der Waals surface area contributed by atoms with E-state index in [1.54, 1.807) is 6.92 Å². The Morgan fingerprint density at radius 1 is 1.54 bits per heavy atom. The largest absolute Gasteiger partial charge is 0.510 e. The van der Waals surface area contributed by atoms with Crippen LogP contribution in [0.15, 0.2) is 11.3 Å². The third-order valence-corrected chi connectivity index (χ3v) is 2.88. The van der Waals surface area contributed by atoms with Crippen LogP contribution < -0.4 is 0 Å². The zero-order chi connectivity index (χ0) is 10.2. The van der Waals surface area contributed by atoms with Crippen LogP contribution in [0.3, 0.4) is 0 Å². The first-order chi connectivity index (χ1) is 5.90. The molecule has 1 rings (SSSR count). The first-order valence-electron chi connectivity index (χ1n) is 4.43. The van der Waals surface area contributed by atoms with Gasteiger partial charge in [0.2, 0.25) is 0 Å². The number of carbonyl (C=O) groups is 1. The molecule has 2 N–H and O–H groups in total. The van der Waals surface area contributed by atoms with Gasteiger partial charge in [0.15, 0.2) is 0 Å². The van der Waals surface area contributed by atoms with Crippen LogP contribution in [0.5, 0.6) is 0 Å². The Labute approximate surface area is 78.1 Å². The molecule has 0 saturated carbocycles. The van der Waals surface area contributed by atoms with Crippen molar-refractivity contribution in [3.05, 3.63) is 11.3 Å². The van der Waals surface area contributed by atoms with Crippen LogP contribution in [0.1, 0.15) is 27.2 Å². The van der Waals surface area contributed by atoms with E-state index in [4.69, 9.17) is 0 Å². The average Bonchev–Trinajstić information content (AvgIpc) is 2.00. The zero-order valence-electron chi connectivity index (χ0n) is 8.24. The van der Waals surface area contributed by atoms with E-state index >= 15 is 0 Å². The predicted molar refractivity (Wildman–Crippen MR) is 49.3 cm³/mol. The zero-order valence-corrected chi connectivity index (χ0v) is 8.24. The third-order valence-electron chi connectivity index (χ3n) is 2.88. The van der Waals surface area contributed by atoms with E-state index in [0.717, 1.165) is 6.29 Å². The van der Waals surface area contributed by atoms with Crippen LogP contribution in [0.4, 0.5) is 0 Å². The van der Waals surface area contributed by atoms with Crippen molar-refractivity contribution in [3.8, 4) is 0 Å². The summed E-state index contributed by atoms with van der Waals surface area (Å²) in [5.74, 6) is -0.313. The average molecular weight is 184 g/mol. The first kappa shape index (κ1) is 10.3. The van der Waals surface area contributed by atoms with Gasteiger partial charge in [-0.1, -0.05) is 13.8 Å². The molecule has 0 aliphatic heterocycles. The summed E-state index contributed by atoms with van der Waals surface area (Å²) in [5.41, 5.74) is 0.330. The Bertz CT molecular complexity index is 253. The van der Waals surface area contributed by atoms with Gasteiger partial charge in [0.1, 0.15) is 18.1 Å². The molecule has 1 aliphatic carbocycles. The number of aliphatic hydroxyl groups excluding tert-OH is 2. The summed E-state index contributed by atoms with van der Waals surface area (Å²) >= 11 is 0. The summed E-state index contributed by atoms with van der Waals surface area (Å²) in [6, 6.07) is 0. The fourth-order valence-corrected chi connectivity index (χ4v) is 2.02. The van der Waals surface area contributed by atoms with Gasteiger partial charge in [0.05, 0.1) is 0 Å². The molecule has 0 fully saturated rings. The summed E-state index contributed by atoms with van der Waals surface area (Å²) in [4.78, 5) is 10.8. The van der Waals surface area contributed by atoms with E-state index < -0.39 is 6.10 Å². The van der Waals surface area contributed by atoms with E-state index in [-0.39, 0.29) is 17.1 Å². The lowest BCUT2D eigenvalue weighted by molar-refractivity contribution is -0.114. The molecule has 0 heterocycles. The standard InChI is InChI=1S/C10H16O3/c1-6-7(5-11)10(2,3)4-8(12)9(6)13/h5,7-8,12-13H,4H2,1-3H3. The molecule has 2 unspecified atom stereocenters. The van der Waals surface area contributed by atoms with E-state index in [2.05, 4.69) is 0 Å². The van der Waals surface area contributed by atoms with Crippen LogP contribution in [-0.4, -0.2) is 22.6 Å². The molecule has 2 atom stereocenters. The maximum absolute atomic E-state index is 10.8. The van der Waals surface area contributed by atoms with Gasteiger partial charge < -0.3 is 15.0 Å². The quantitative estimate of drug-likeness (QED) is 0.606. The predicted octanol–water partition coefficient (Wildman–Crippen LogP) is 1.42. The van der Waals surface area contributed by atoms with Gasteiger partial charge in [0, 0.05) is 5.92 Å². The summed E-state index contributed by atoms with van der Waals surface area (Å²) in [6.45, 7) is 5.54. The lowest BCUT2D eigenvalue weighted by atomic mass is 9.68. The third kappa shape index (κ3) is 1.61. The summed E-state index contributed by atoms with van der Waals surface area (Å²) < 4.78 is 0. The van der Waals surface area contributed by atoms with Crippen LogP contribution in [-0.2, 0) is 4.79 Å². The number of allylic oxidation sites excluding steroid dienone is 1. The second-order valence-electron chi connectivity index (χ2n) is 4.39. The number of aldehydes is 1. The maximum atomic E-state index is 10.8. The molecule has 0 radical (unpaired) electrons. The van der Waals surface area contributed by atoms with E-state index in [9.17, 15) is 15.0 Å². The van der Waals surface area contributed by atoms with Crippen molar-refractivity contribution in [2.24, 2.45) is 11.3 Å². The van der Waals surface area contributed by atoms with Gasteiger partial charge >= 0.3 is 0 Å². The van der Waals surface area contributed by atoms with Gasteiger partial charge in [-0.3, -0.25) is 0 Å². The summed E-state index contributed by atoms with van der Waals surface area (Å²) in [7, 11) is 0. The van der Waals surface area contributed by atoms with Gasteiger partial charge in [0.25, 0.3) is 0 Å². The van der Waals surface area contributed by atoms with Crippen molar-refractivity contribution >= 4 is 6.29 Å². The van der Waals surface area contributed by atoms with Gasteiger partial charge in [-0.05, 0) is 24.3 Å². The number of carbonyl (C=O) groups excluding carboxylic acids is 1. The number of rotatable bonds is 1. The summed E-state index contributed by atoms with van der Waals surface area (Å²) in [6.07, 6.45) is 0.461. The second kappa shape index (κ2) is 3.14. The fourth-order valence-electron chi connectivity index (χ4n) is 2.02. The molecule has 0 aromatic heterocycles. The first-order valence-corrected chi connectivity index (χ1v) is 4.43. The minimum Gasteiger partial charge on any atom is -0.510 e. The molecule has 74 valence electrons. The number of aliphatic hydroxyl groups is 2. The molecule has 0 bridgehead atoms. The van der Waals surface area contributed by atoms with E-state index in [0.29, 0.717) is 12.0 Å². The molecule has 3 nitrogen and oxygen atoms in total. The van der Waals surface area contributed by atoms with E-state index in [1.807, 2.05) is 13.8 Å². The topological polar surface area (TPSA) is 57.5 Å². The molecule has 0 aromatic carbocycles. The molecule has 0 spiro atoms. The Hall–Kier alpha value is -0.830. The van der Waals surface area contributed by atoms with Gasteiger partial charge in [-0.2, -0.15) is 0 Å². The molecule has 0 amide bonds. The lowest BCUT2D eigenvalue weighted by Crippen LogP contribution is -2.37. The summed E-state index contributed by atoms with van der Waals surface area (Å²) in [5, 5.41) is 18.9. The molecular weight excluding hydrogens is 168 g/mol. The molecule has 0 saturated heterocycles. The highest BCUT2D eigenvalue weighted by atomic mass is 16.3. The maximum Gasteiger partial charge on any atom is 0.127 e. The highest BCUT2D eigenvalue weighted by Crippen LogP contribution is 2.41. The lowest BCUT2D eigenvalue weighted by Gasteiger charge is -2.38. The molecule has 1 aliphatic rings. The molecule has 13 heavy (non-hydrogen) atoms. The van der Waals surface area contributed by atoms with Crippen LogP contribution in [0.25, 0.3) is 0 Å². The highest BCUT2D eigenvalue weighted by molar-refractivity contribution is 5.61. The Morgan fingerprint density at radius 2 is 2.08 bits per heavy atom. The highest BCUT2D eigenvalue weighted by Gasteiger charge is 2.39. The van der Waals surface area contributed by atoms with E-state index in [1.165, 1.54) is 0 Å². The van der Waals surface area contributed by atoms with Gasteiger partial charge in [-0.25, -0.2) is 0 Å². The van der Waals surface area contributed by atoms with Crippen LogP contribution >= 0.6 is 0 Å². The van der Waals surface area contributed by atoms with Crippen molar-refractivity contribution in [2.75, 3.05) is 0 Å².